The molecule has 17 heavy (non-hydrogen) atoms. The van der Waals surface area contributed by atoms with Gasteiger partial charge in [-0.25, -0.2) is 8.42 Å². The van der Waals surface area contributed by atoms with Crippen LogP contribution in [-0.2, 0) is 9.84 Å². The molecule has 5 heteroatoms. The van der Waals surface area contributed by atoms with Gasteiger partial charge in [0.1, 0.15) is 0 Å². The van der Waals surface area contributed by atoms with Gasteiger partial charge in [0.15, 0.2) is 9.84 Å². The molecule has 2 rings (SSSR count). The summed E-state index contributed by atoms with van der Waals surface area (Å²) < 4.78 is 23.4. The van der Waals surface area contributed by atoms with Gasteiger partial charge in [-0.05, 0) is 38.1 Å². The predicted molar refractivity (Wildman–Crippen MR) is 69.6 cm³/mol. The smallest absolute Gasteiger partial charge is 0.151 e. The maximum Gasteiger partial charge on any atom is 0.151 e. The highest BCUT2D eigenvalue weighted by Crippen LogP contribution is 2.28. The molecule has 0 aliphatic carbocycles. The topological polar surface area (TPSA) is 63.4 Å². The van der Waals surface area contributed by atoms with Crippen molar-refractivity contribution in [2.75, 3.05) is 24.6 Å². The summed E-state index contributed by atoms with van der Waals surface area (Å²) in [6.45, 7) is 3.91. The summed E-state index contributed by atoms with van der Waals surface area (Å²) in [6.07, 6.45) is 4.23. The second-order valence-electron chi connectivity index (χ2n) is 5.57. The van der Waals surface area contributed by atoms with Gasteiger partial charge >= 0.3 is 0 Å². The van der Waals surface area contributed by atoms with Crippen LogP contribution in [-0.4, -0.2) is 50.0 Å². The van der Waals surface area contributed by atoms with Crippen molar-refractivity contribution in [1.82, 2.24) is 4.90 Å². The largest absolute Gasteiger partial charge is 0.329 e. The first-order chi connectivity index (χ1) is 8.03. The highest BCUT2D eigenvalue weighted by Gasteiger charge is 2.36. The van der Waals surface area contributed by atoms with Gasteiger partial charge in [0.05, 0.1) is 11.5 Å². The quantitative estimate of drug-likeness (QED) is 0.791. The Kier molecular flexibility index (Phi) is 4.10. The Morgan fingerprint density at radius 3 is 2.71 bits per heavy atom. The van der Waals surface area contributed by atoms with E-state index in [-0.39, 0.29) is 6.04 Å². The van der Waals surface area contributed by atoms with E-state index in [0.717, 1.165) is 19.4 Å². The van der Waals surface area contributed by atoms with Crippen molar-refractivity contribution in [2.45, 2.75) is 44.7 Å². The van der Waals surface area contributed by atoms with E-state index in [9.17, 15) is 8.42 Å². The van der Waals surface area contributed by atoms with Crippen LogP contribution in [0, 0.1) is 5.92 Å². The van der Waals surface area contributed by atoms with Crippen molar-refractivity contribution in [3.8, 4) is 0 Å². The van der Waals surface area contributed by atoms with E-state index >= 15 is 0 Å². The third kappa shape index (κ3) is 3.01. The predicted octanol–water partition coefficient (Wildman–Crippen LogP) is 0.623. The second kappa shape index (κ2) is 5.24. The molecule has 0 bridgehead atoms. The molecule has 0 aromatic rings. The Bertz CT molecular complexity index is 356. The maximum absolute atomic E-state index is 11.7. The van der Waals surface area contributed by atoms with Crippen molar-refractivity contribution >= 4 is 9.84 Å². The summed E-state index contributed by atoms with van der Waals surface area (Å²) >= 11 is 0. The fraction of sp³-hybridized carbons (Fsp3) is 1.00. The summed E-state index contributed by atoms with van der Waals surface area (Å²) in [5, 5.41) is 0. The number of piperidine rings is 1. The lowest BCUT2D eigenvalue weighted by Crippen LogP contribution is -2.56. The van der Waals surface area contributed by atoms with Crippen LogP contribution in [0.25, 0.3) is 0 Å². The molecule has 2 saturated heterocycles. The summed E-state index contributed by atoms with van der Waals surface area (Å²) in [5.74, 6) is 1.31. The standard InChI is InChI=1S/C12H24N2O2S/c1-10-4-2-6-14(12(10)8-13)11-5-3-7-17(15,16)9-11/h10-12H,2-9,13H2,1H3. The van der Waals surface area contributed by atoms with Crippen LogP contribution in [0.1, 0.15) is 32.6 Å². The van der Waals surface area contributed by atoms with Crippen molar-refractivity contribution in [3.63, 3.8) is 0 Å². The molecule has 0 spiro atoms. The van der Waals surface area contributed by atoms with Gasteiger partial charge in [-0.1, -0.05) is 6.92 Å². The molecule has 0 amide bonds. The average molecular weight is 260 g/mol. The fourth-order valence-electron chi connectivity index (χ4n) is 3.36. The molecule has 2 aliphatic heterocycles. The first kappa shape index (κ1) is 13.3. The molecule has 2 heterocycles. The van der Waals surface area contributed by atoms with Crippen LogP contribution in [0.3, 0.4) is 0 Å². The molecule has 3 atom stereocenters. The van der Waals surface area contributed by atoms with Crippen LogP contribution >= 0.6 is 0 Å². The zero-order valence-electron chi connectivity index (χ0n) is 10.6. The zero-order chi connectivity index (χ0) is 12.5. The van der Waals surface area contributed by atoms with Gasteiger partial charge in [-0.2, -0.15) is 0 Å². The number of rotatable bonds is 2. The molecule has 100 valence electrons. The summed E-state index contributed by atoms with van der Waals surface area (Å²) in [6, 6.07) is 0.590. The molecule has 0 saturated carbocycles. The van der Waals surface area contributed by atoms with Crippen LogP contribution < -0.4 is 5.73 Å². The molecule has 0 radical (unpaired) electrons. The molecule has 0 aromatic carbocycles. The minimum absolute atomic E-state index is 0.213. The van der Waals surface area contributed by atoms with E-state index in [1.54, 1.807) is 0 Å². The van der Waals surface area contributed by atoms with Crippen molar-refractivity contribution in [2.24, 2.45) is 11.7 Å². The summed E-state index contributed by atoms with van der Waals surface area (Å²) in [5.41, 5.74) is 5.87. The monoisotopic (exact) mass is 260 g/mol. The van der Waals surface area contributed by atoms with E-state index < -0.39 is 9.84 Å². The maximum atomic E-state index is 11.7. The van der Waals surface area contributed by atoms with E-state index in [4.69, 9.17) is 5.73 Å². The van der Waals surface area contributed by atoms with Gasteiger partial charge in [-0.15, -0.1) is 0 Å². The number of hydrogen-bond acceptors (Lipinski definition) is 4. The molecular weight excluding hydrogens is 236 g/mol. The lowest BCUT2D eigenvalue weighted by atomic mass is 9.89. The lowest BCUT2D eigenvalue weighted by molar-refractivity contribution is 0.0651. The van der Waals surface area contributed by atoms with E-state index in [2.05, 4.69) is 11.8 Å². The normalized spacial score (nSPS) is 39.1. The first-order valence-corrected chi connectivity index (χ1v) is 8.52. The zero-order valence-corrected chi connectivity index (χ0v) is 11.5. The van der Waals surface area contributed by atoms with Crippen molar-refractivity contribution in [1.29, 1.82) is 0 Å². The Balaban J connectivity index is 2.09. The molecule has 2 N–H and O–H groups in total. The van der Waals surface area contributed by atoms with Gasteiger partial charge in [0, 0.05) is 18.6 Å². The van der Waals surface area contributed by atoms with Crippen molar-refractivity contribution in [3.05, 3.63) is 0 Å². The minimum atomic E-state index is -2.81. The number of hydrogen-bond donors (Lipinski definition) is 1. The molecule has 4 nitrogen and oxygen atoms in total. The van der Waals surface area contributed by atoms with Crippen LogP contribution in [0.5, 0.6) is 0 Å². The first-order valence-electron chi connectivity index (χ1n) is 6.70. The van der Waals surface area contributed by atoms with Crippen LogP contribution in [0.2, 0.25) is 0 Å². The second-order valence-corrected chi connectivity index (χ2v) is 7.80. The lowest BCUT2D eigenvalue weighted by Gasteiger charge is -2.45. The van der Waals surface area contributed by atoms with Crippen LogP contribution in [0.15, 0.2) is 0 Å². The van der Waals surface area contributed by atoms with Gasteiger partial charge in [0.2, 0.25) is 0 Å². The van der Waals surface area contributed by atoms with E-state index in [0.29, 0.717) is 30.0 Å². The molecular formula is C12H24N2O2S. The van der Waals surface area contributed by atoms with Gasteiger partial charge < -0.3 is 5.73 Å². The Labute approximate surface area is 104 Å². The van der Waals surface area contributed by atoms with Crippen LogP contribution in [0.4, 0.5) is 0 Å². The number of nitrogens with zero attached hydrogens (tertiary/aromatic N) is 1. The number of sulfone groups is 1. The minimum Gasteiger partial charge on any atom is -0.329 e. The number of nitrogens with two attached hydrogens (primary N) is 1. The molecule has 2 aliphatic rings. The average Bonchev–Trinajstić information content (AvgIpc) is 2.27. The molecule has 3 unspecified atom stereocenters. The summed E-state index contributed by atoms with van der Waals surface area (Å²) in [4.78, 5) is 2.38. The Morgan fingerprint density at radius 2 is 2.06 bits per heavy atom. The van der Waals surface area contributed by atoms with E-state index in [1.807, 2.05) is 0 Å². The van der Waals surface area contributed by atoms with Gasteiger partial charge in [-0.3, -0.25) is 4.90 Å². The number of likely N-dealkylation sites (tertiary alicyclic amines) is 1. The molecule has 0 aromatic heterocycles. The van der Waals surface area contributed by atoms with Crippen molar-refractivity contribution < 1.29 is 8.42 Å². The highest BCUT2D eigenvalue weighted by molar-refractivity contribution is 7.91. The Hall–Kier alpha value is -0.130. The molecule has 2 fully saturated rings. The van der Waals surface area contributed by atoms with Gasteiger partial charge in [0.25, 0.3) is 0 Å². The fourth-order valence-corrected chi connectivity index (χ4v) is 5.08. The SMILES string of the molecule is CC1CCCN(C2CCCS(=O)(=O)C2)C1CN. The van der Waals surface area contributed by atoms with E-state index in [1.165, 1.54) is 12.8 Å². The third-order valence-electron chi connectivity index (χ3n) is 4.31. The highest BCUT2D eigenvalue weighted by atomic mass is 32.2. The third-order valence-corrected chi connectivity index (χ3v) is 6.11. The summed E-state index contributed by atoms with van der Waals surface area (Å²) in [7, 11) is -2.81. The Morgan fingerprint density at radius 1 is 1.29 bits per heavy atom.